The van der Waals surface area contributed by atoms with Gasteiger partial charge in [-0.2, -0.15) is 0 Å². The molecular formula is C20H23N3O6. The average molecular weight is 401 g/mol. The molecule has 0 spiro atoms. The number of nitrogens with one attached hydrogen (secondary N) is 1. The second-order valence-electron chi connectivity index (χ2n) is 6.12. The van der Waals surface area contributed by atoms with Gasteiger partial charge in [0.15, 0.2) is 11.5 Å². The minimum Gasteiger partial charge on any atom is -0.493 e. The number of hydrogen-bond acceptors (Lipinski definition) is 6. The van der Waals surface area contributed by atoms with E-state index in [1.54, 1.807) is 32.4 Å². The Labute approximate surface area is 167 Å². The Morgan fingerprint density at radius 1 is 1.17 bits per heavy atom. The molecule has 9 heteroatoms. The number of methoxy groups -OCH3 is 2. The van der Waals surface area contributed by atoms with E-state index in [0.717, 1.165) is 5.56 Å². The molecule has 0 aliphatic heterocycles. The topological polar surface area (TPSA) is 113 Å². The number of carbonyl (C=O) groups is 1. The van der Waals surface area contributed by atoms with Gasteiger partial charge in [-0.15, -0.1) is 0 Å². The summed E-state index contributed by atoms with van der Waals surface area (Å²) < 4.78 is 11.7. The summed E-state index contributed by atoms with van der Waals surface area (Å²) in [5.74, 6) is 0.940. The molecule has 0 bridgehead atoms. The molecule has 2 aromatic rings. The summed E-state index contributed by atoms with van der Waals surface area (Å²) >= 11 is 0. The fourth-order valence-corrected chi connectivity index (χ4v) is 2.61. The van der Waals surface area contributed by atoms with E-state index >= 15 is 0 Å². The van der Waals surface area contributed by atoms with Gasteiger partial charge < -0.3 is 19.4 Å². The molecule has 0 unspecified atom stereocenters. The van der Waals surface area contributed by atoms with Gasteiger partial charge in [0.1, 0.15) is 0 Å². The van der Waals surface area contributed by atoms with Gasteiger partial charge >= 0.3 is 0 Å². The standard InChI is InChI=1S/C20H23N3O6/c1-28-17-8-5-15(13-18(17)29-2)6-9-19(24)21-11-3-4-12-22-14-16(23(26)27)7-10-20(22)25/h5-10,13-14H,3-4,11-12H2,1-2H3,(H,21,24)/b9-6+. The first-order valence-electron chi connectivity index (χ1n) is 8.97. The van der Waals surface area contributed by atoms with Gasteiger partial charge in [0.05, 0.1) is 25.3 Å². The fraction of sp³-hybridized carbons (Fsp3) is 0.300. The van der Waals surface area contributed by atoms with E-state index in [9.17, 15) is 19.7 Å². The van der Waals surface area contributed by atoms with Gasteiger partial charge in [-0.3, -0.25) is 19.7 Å². The van der Waals surface area contributed by atoms with Crippen LogP contribution in [-0.4, -0.2) is 36.2 Å². The van der Waals surface area contributed by atoms with Crippen LogP contribution in [-0.2, 0) is 11.3 Å². The van der Waals surface area contributed by atoms with Crippen molar-refractivity contribution in [2.24, 2.45) is 0 Å². The predicted molar refractivity (Wildman–Crippen MR) is 108 cm³/mol. The summed E-state index contributed by atoms with van der Waals surface area (Å²) in [5.41, 5.74) is 0.374. The largest absolute Gasteiger partial charge is 0.493 e. The minimum atomic E-state index is -0.541. The molecule has 1 aromatic carbocycles. The first-order valence-corrected chi connectivity index (χ1v) is 8.97. The van der Waals surface area contributed by atoms with Crippen LogP contribution < -0.4 is 20.3 Å². The van der Waals surface area contributed by atoms with Crippen LogP contribution in [0.4, 0.5) is 5.69 Å². The van der Waals surface area contributed by atoms with E-state index in [0.29, 0.717) is 37.4 Å². The van der Waals surface area contributed by atoms with Gasteiger partial charge in [0, 0.05) is 31.3 Å². The maximum absolute atomic E-state index is 11.9. The Bertz CT molecular complexity index is 951. The van der Waals surface area contributed by atoms with Crippen LogP contribution in [0.25, 0.3) is 6.08 Å². The molecule has 0 saturated carbocycles. The van der Waals surface area contributed by atoms with Crippen LogP contribution in [0, 0.1) is 10.1 Å². The number of pyridine rings is 1. The maximum atomic E-state index is 11.9. The van der Waals surface area contributed by atoms with Crippen molar-refractivity contribution in [3.05, 3.63) is 68.6 Å². The molecule has 1 amide bonds. The molecule has 0 fully saturated rings. The Morgan fingerprint density at radius 3 is 2.62 bits per heavy atom. The van der Waals surface area contributed by atoms with Gasteiger partial charge in [-0.1, -0.05) is 6.07 Å². The fourth-order valence-electron chi connectivity index (χ4n) is 2.61. The molecule has 154 valence electrons. The number of hydrogen-bond donors (Lipinski definition) is 1. The summed E-state index contributed by atoms with van der Waals surface area (Å²) in [7, 11) is 3.09. The Balaban J connectivity index is 1.78. The van der Waals surface area contributed by atoms with E-state index < -0.39 is 4.92 Å². The van der Waals surface area contributed by atoms with Crippen molar-refractivity contribution in [2.75, 3.05) is 20.8 Å². The minimum absolute atomic E-state index is 0.127. The third-order valence-corrected chi connectivity index (χ3v) is 4.14. The molecule has 0 saturated heterocycles. The molecule has 0 aliphatic carbocycles. The van der Waals surface area contributed by atoms with E-state index in [-0.39, 0.29) is 17.2 Å². The zero-order valence-corrected chi connectivity index (χ0v) is 16.3. The van der Waals surface area contributed by atoms with Crippen molar-refractivity contribution in [3.63, 3.8) is 0 Å². The SMILES string of the molecule is COc1ccc(/C=C/C(=O)NCCCCn2cc([N+](=O)[O-])ccc2=O)cc1OC. The quantitative estimate of drug-likeness (QED) is 0.283. The van der Waals surface area contributed by atoms with Crippen LogP contribution in [0.2, 0.25) is 0 Å². The molecule has 0 atom stereocenters. The Morgan fingerprint density at radius 2 is 1.93 bits per heavy atom. The molecule has 2 rings (SSSR count). The van der Waals surface area contributed by atoms with Crippen LogP contribution in [0.3, 0.4) is 0 Å². The molecule has 0 aliphatic rings. The van der Waals surface area contributed by atoms with Crippen LogP contribution in [0.1, 0.15) is 18.4 Å². The molecular weight excluding hydrogens is 378 g/mol. The third-order valence-electron chi connectivity index (χ3n) is 4.14. The number of nitrogens with zero attached hydrogens (tertiary/aromatic N) is 2. The summed E-state index contributed by atoms with van der Waals surface area (Å²) in [6.07, 6.45) is 5.55. The molecule has 29 heavy (non-hydrogen) atoms. The zero-order chi connectivity index (χ0) is 21.2. The van der Waals surface area contributed by atoms with Crippen molar-refractivity contribution in [2.45, 2.75) is 19.4 Å². The number of carbonyl (C=O) groups excluding carboxylic acids is 1. The highest BCUT2D eigenvalue weighted by molar-refractivity contribution is 5.91. The molecule has 9 nitrogen and oxygen atoms in total. The summed E-state index contributed by atoms with van der Waals surface area (Å²) in [5, 5.41) is 13.5. The molecule has 1 heterocycles. The van der Waals surface area contributed by atoms with Crippen LogP contribution in [0.5, 0.6) is 11.5 Å². The lowest BCUT2D eigenvalue weighted by Gasteiger charge is -2.07. The Kier molecular flexibility index (Phi) is 7.96. The highest BCUT2D eigenvalue weighted by Gasteiger charge is 2.07. The number of amides is 1. The van der Waals surface area contributed by atoms with Crippen molar-refractivity contribution in [3.8, 4) is 11.5 Å². The molecule has 1 N–H and O–H groups in total. The number of rotatable bonds is 10. The van der Waals surface area contributed by atoms with E-state index in [2.05, 4.69) is 5.32 Å². The smallest absolute Gasteiger partial charge is 0.285 e. The second kappa shape index (κ2) is 10.6. The van der Waals surface area contributed by atoms with Crippen molar-refractivity contribution in [1.82, 2.24) is 9.88 Å². The summed E-state index contributed by atoms with van der Waals surface area (Å²) in [4.78, 5) is 33.9. The predicted octanol–water partition coefficient (Wildman–Crippen LogP) is 2.38. The summed E-state index contributed by atoms with van der Waals surface area (Å²) in [6.45, 7) is 0.774. The lowest BCUT2D eigenvalue weighted by atomic mass is 10.2. The Hall–Kier alpha value is -3.62. The number of benzene rings is 1. The van der Waals surface area contributed by atoms with Crippen LogP contribution >= 0.6 is 0 Å². The average Bonchev–Trinajstić information content (AvgIpc) is 2.72. The molecule has 0 radical (unpaired) electrons. The highest BCUT2D eigenvalue weighted by Crippen LogP contribution is 2.27. The van der Waals surface area contributed by atoms with Gasteiger partial charge in [0.25, 0.3) is 11.2 Å². The van der Waals surface area contributed by atoms with Crippen molar-refractivity contribution < 1.29 is 19.2 Å². The van der Waals surface area contributed by atoms with E-state index in [1.807, 2.05) is 6.07 Å². The monoisotopic (exact) mass is 401 g/mol. The van der Waals surface area contributed by atoms with Gasteiger partial charge in [-0.25, -0.2) is 0 Å². The van der Waals surface area contributed by atoms with Gasteiger partial charge in [0.2, 0.25) is 5.91 Å². The van der Waals surface area contributed by atoms with Crippen LogP contribution in [0.15, 0.2) is 47.4 Å². The van der Waals surface area contributed by atoms with Crippen molar-refractivity contribution in [1.29, 1.82) is 0 Å². The number of aryl methyl sites for hydroxylation is 1. The number of unbranched alkanes of at least 4 members (excludes halogenated alkanes) is 1. The lowest BCUT2D eigenvalue weighted by molar-refractivity contribution is -0.385. The normalized spacial score (nSPS) is 10.7. The van der Waals surface area contributed by atoms with E-state index in [4.69, 9.17) is 9.47 Å². The first kappa shape index (κ1) is 21.7. The number of ether oxygens (including phenoxy) is 2. The molecule has 1 aromatic heterocycles. The van der Waals surface area contributed by atoms with Gasteiger partial charge in [-0.05, 0) is 36.6 Å². The maximum Gasteiger partial charge on any atom is 0.285 e. The van der Waals surface area contributed by atoms with Crippen molar-refractivity contribution >= 4 is 17.7 Å². The number of nitro groups is 1. The first-order chi connectivity index (χ1) is 13.9. The lowest BCUT2D eigenvalue weighted by Crippen LogP contribution is -2.23. The highest BCUT2D eigenvalue weighted by atomic mass is 16.6. The summed E-state index contributed by atoms with van der Waals surface area (Å²) in [6, 6.07) is 7.69. The zero-order valence-electron chi connectivity index (χ0n) is 16.3. The third kappa shape index (κ3) is 6.49. The number of aromatic nitrogens is 1. The second-order valence-corrected chi connectivity index (χ2v) is 6.12. The van der Waals surface area contributed by atoms with E-state index in [1.165, 1.54) is 29.0 Å².